The van der Waals surface area contributed by atoms with Crippen molar-refractivity contribution in [2.24, 2.45) is 0 Å². The summed E-state index contributed by atoms with van der Waals surface area (Å²) in [6, 6.07) is 20.8. The lowest BCUT2D eigenvalue weighted by molar-refractivity contribution is 0.306. The van der Waals surface area contributed by atoms with Gasteiger partial charge in [0.1, 0.15) is 23.9 Å². The lowest BCUT2D eigenvalue weighted by Crippen LogP contribution is -2.17. The number of nitrogens with zero attached hydrogens (tertiary/aromatic N) is 2. The molecule has 3 aromatic carbocycles. The lowest BCUT2D eigenvalue weighted by Gasteiger charge is -2.10. The molecule has 0 saturated carbocycles. The highest BCUT2D eigenvalue weighted by atomic mass is 32.3. The van der Waals surface area contributed by atoms with Crippen LogP contribution in [0.3, 0.4) is 0 Å². The van der Waals surface area contributed by atoms with E-state index < -0.39 is 10.2 Å². The third-order valence-electron chi connectivity index (χ3n) is 4.80. The maximum absolute atomic E-state index is 11.4. The number of fused-ring (bicyclic) bond motifs is 1. The molecule has 0 spiro atoms. The zero-order valence-electron chi connectivity index (χ0n) is 16.5. The molecule has 6 nitrogen and oxygen atoms in total. The molecule has 154 valence electrons. The van der Waals surface area contributed by atoms with Crippen molar-refractivity contribution >= 4 is 21.1 Å². The van der Waals surface area contributed by atoms with Crippen molar-refractivity contribution in [3.8, 4) is 22.6 Å². The average molecular weight is 423 g/mol. The highest BCUT2D eigenvalue weighted by molar-refractivity contribution is 7.96. The number of aryl methyl sites for hydroxylation is 1. The summed E-state index contributed by atoms with van der Waals surface area (Å²) in [4.78, 5) is 0. The zero-order valence-corrected chi connectivity index (χ0v) is 17.3. The van der Waals surface area contributed by atoms with Crippen LogP contribution in [-0.4, -0.2) is 31.4 Å². The predicted octanol–water partition coefficient (Wildman–Crippen LogP) is 4.25. The van der Waals surface area contributed by atoms with E-state index in [0.717, 1.165) is 27.6 Å². The molecule has 1 heterocycles. The Bertz CT molecular complexity index is 1230. The van der Waals surface area contributed by atoms with E-state index in [4.69, 9.17) is 4.74 Å². The van der Waals surface area contributed by atoms with Gasteiger partial charge in [0.2, 0.25) is 0 Å². The van der Waals surface area contributed by atoms with E-state index in [9.17, 15) is 13.9 Å². The van der Waals surface area contributed by atoms with Gasteiger partial charge in [-0.3, -0.25) is 4.68 Å². The van der Waals surface area contributed by atoms with Crippen LogP contribution in [0, 0.1) is 0 Å². The first-order valence-electron chi connectivity index (χ1n) is 9.52. The molecule has 0 aliphatic rings. The minimum absolute atomic E-state index is 0.0531. The average Bonchev–Trinajstić information content (AvgIpc) is 3.13. The first-order valence-corrected chi connectivity index (χ1v) is 11.6. The highest BCUT2D eigenvalue weighted by Crippen LogP contribution is 2.25. The third-order valence-corrected chi connectivity index (χ3v) is 5.72. The Kier molecular flexibility index (Phi) is 5.57. The monoisotopic (exact) mass is 422 g/mol. The lowest BCUT2D eigenvalue weighted by atomic mass is 10.0. The van der Waals surface area contributed by atoms with Gasteiger partial charge in [-0.1, -0.05) is 30.3 Å². The van der Waals surface area contributed by atoms with Gasteiger partial charge < -0.3 is 14.4 Å². The van der Waals surface area contributed by atoms with E-state index in [1.54, 1.807) is 23.0 Å². The Balaban J connectivity index is 1.46. The Hall–Kier alpha value is -3.16. The molecular weight excluding hydrogens is 400 g/mol. The quantitative estimate of drug-likeness (QED) is 0.450. The van der Waals surface area contributed by atoms with Crippen LogP contribution in [-0.2, 0) is 27.6 Å². The molecule has 30 heavy (non-hydrogen) atoms. The maximum Gasteiger partial charge on any atom is 0.128 e. The summed E-state index contributed by atoms with van der Waals surface area (Å²) in [5.41, 5.74) is 3.84. The maximum atomic E-state index is 11.4. The van der Waals surface area contributed by atoms with Gasteiger partial charge in [-0.15, -0.1) is 4.21 Å². The fourth-order valence-corrected chi connectivity index (χ4v) is 3.78. The topological polar surface area (TPSA) is 87.4 Å². The SMILES string of the molecule is C[S+](=O)([O-])CCn1ncc2cc(OCc3cccc(-c4cccc(O)c4)c3)ccc21. The van der Waals surface area contributed by atoms with Crippen LogP contribution in [0.1, 0.15) is 5.56 Å². The Morgan fingerprint density at radius 3 is 2.60 bits per heavy atom. The molecule has 4 rings (SSSR count). The molecule has 0 radical (unpaired) electrons. The number of rotatable bonds is 7. The van der Waals surface area contributed by atoms with Gasteiger partial charge in [0, 0.05) is 15.6 Å². The molecule has 0 fully saturated rings. The number of aromatic hydroxyl groups is 1. The van der Waals surface area contributed by atoms with Gasteiger partial charge in [-0.05, 0) is 53.1 Å². The van der Waals surface area contributed by atoms with E-state index in [-0.39, 0.29) is 11.5 Å². The molecule has 0 aliphatic carbocycles. The molecular formula is C23H22N2O4S. The van der Waals surface area contributed by atoms with Gasteiger partial charge in [-0.25, -0.2) is 0 Å². The Labute approximate surface area is 176 Å². The molecule has 1 N–H and O–H groups in total. The summed E-state index contributed by atoms with van der Waals surface area (Å²) in [6.45, 7) is 0.727. The summed E-state index contributed by atoms with van der Waals surface area (Å²) in [7, 11) is -3.04. The van der Waals surface area contributed by atoms with Crippen LogP contribution in [0.15, 0.2) is 72.9 Å². The minimum atomic E-state index is -3.04. The van der Waals surface area contributed by atoms with Gasteiger partial charge in [-0.2, -0.15) is 5.10 Å². The van der Waals surface area contributed by atoms with Crippen LogP contribution in [0.2, 0.25) is 0 Å². The number of hydrogen-bond acceptors (Lipinski definition) is 5. The first-order chi connectivity index (χ1) is 14.4. The van der Waals surface area contributed by atoms with E-state index in [1.165, 1.54) is 6.26 Å². The van der Waals surface area contributed by atoms with E-state index in [2.05, 4.69) is 5.10 Å². The standard InChI is InChI=1S/C23H22N2O4S/c1-30(27,28)11-10-25-23-9-8-22(14-20(23)15-24-25)29-16-17-4-2-5-18(12-17)19-6-3-7-21(26)13-19/h2-9,12-15H,10-11,16H2,1H3,(H-,26,27,28). The molecule has 1 aromatic heterocycles. The Morgan fingerprint density at radius 2 is 1.83 bits per heavy atom. The van der Waals surface area contributed by atoms with Crippen molar-refractivity contribution in [3.63, 3.8) is 0 Å². The van der Waals surface area contributed by atoms with Gasteiger partial charge in [0.05, 0.1) is 24.5 Å². The predicted molar refractivity (Wildman–Crippen MR) is 117 cm³/mol. The van der Waals surface area contributed by atoms with Crippen molar-refractivity contribution in [2.75, 3.05) is 12.0 Å². The highest BCUT2D eigenvalue weighted by Gasteiger charge is 2.10. The van der Waals surface area contributed by atoms with Crippen LogP contribution in [0.5, 0.6) is 11.5 Å². The van der Waals surface area contributed by atoms with Crippen molar-refractivity contribution in [3.05, 3.63) is 78.5 Å². The molecule has 0 amide bonds. The zero-order chi connectivity index (χ0) is 21.1. The largest absolute Gasteiger partial charge is 0.615 e. The van der Waals surface area contributed by atoms with E-state index in [0.29, 0.717) is 18.9 Å². The number of aromatic nitrogens is 2. The number of sulfone groups is 1. The minimum Gasteiger partial charge on any atom is -0.615 e. The van der Waals surface area contributed by atoms with Gasteiger partial charge in [0.15, 0.2) is 0 Å². The van der Waals surface area contributed by atoms with Crippen LogP contribution in [0.4, 0.5) is 0 Å². The number of hydrogen-bond donors (Lipinski definition) is 1. The summed E-state index contributed by atoms with van der Waals surface area (Å²) < 4.78 is 30.4. The number of phenols is 1. The van der Waals surface area contributed by atoms with E-state index in [1.807, 2.05) is 54.6 Å². The second-order valence-corrected chi connectivity index (χ2v) is 9.52. The molecule has 1 atom stereocenters. The normalized spacial score (nSPS) is 13.3. The van der Waals surface area contributed by atoms with Crippen molar-refractivity contribution in [1.82, 2.24) is 9.78 Å². The summed E-state index contributed by atoms with van der Waals surface area (Å²) >= 11 is 0. The summed E-state index contributed by atoms with van der Waals surface area (Å²) in [6.07, 6.45) is 2.94. The summed E-state index contributed by atoms with van der Waals surface area (Å²) in [5, 5.41) is 14.9. The fraction of sp³-hybridized carbons (Fsp3) is 0.174. The number of phenolic OH excluding ortho intramolecular Hbond substituents is 1. The smallest absolute Gasteiger partial charge is 0.128 e. The van der Waals surface area contributed by atoms with Crippen LogP contribution >= 0.6 is 0 Å². The van der Waals surface area contributed by atoms with Crippen molar-refractivity contribution in [2.45, 2.75) is 13.2 Å². The van der Waals surface area contributed by atoms with E-state index >= 15 is 0 Å². The second kappa shape index (κ2) is 8.30. The van der Waals surface area contributed by atoms with Crippen LogP contribution < -0.4 is 4.74 Å². The molecule has 4 aromatic rings. The molecule has 0 aliphatic heterocycles. The van der Waals surface area contributed by atoms with Crippen LogP contribution in [0.25, 0.3) is 22.0 Å². The molecule has 0 saturated heterocycles. The number of benzene rings is 3. The second-order valence-electron chi connectivity index (χ2n) is 7.26. The van der Waals surface area contributed by atoms with Crippen molar-refractivity contribution < 1.29 is 18.6 Å². The third kappa shape index (κ3) is 4.87. The Morgan fingerprint density at radius 1 is 1.07 bits per heavy atom. The fourth-order valence-electron chi connectivity index (χ4n) is 3.28. The van der Waals surface area contributed by atoms with Gasteiger partial charge >= 0.3 is 0 Å². The molecule has 0 bridgehead atoms. The van der Waals surface area contributed by atoms with Crippen molar-refractivity contribution in [1.29, 1.82) is 0 Å². The summed E-state index contributed by atoms with van der Waals surface area (Å²) in [5.74, 6) is 1.00. The molecule has 7 heteroatoms. The number of ether oxygens (including phenoxy) is 1. The first kappa shape index (κ1) is 20.1. The molecule has 1 unspecified atom stereocenters. The van der Waals surface area contributed by atoms with Gasteiger partial charge in [0.25, 0.3) is 0 Å².